The second-order valence-corrected chi connectivity index (χ2v) is 7.59. The Labute approximate surface area is 177 Å². The Kier molecular flexibility index (Phi) is 4.15. The number of rotatable bonds is 2. The number of fused-ring (bicyclic) bond motifs is 2. The van der Waals surface area contributed by atoms with Crippen molar-refractivity contribution < 1.29 is 0 Å². The summed E-state index contributed by atoms with van der Waals surface area (Å²) in [7, 11) is 3.08. The molecule has 2 N–H and O–H groups in total. The first-order valence-corrected chi connectivity index (χ1v) is 9.85. The molecule has 152 valence electrons. The molecule has 7 nitrogen and oxygen atoms in total. The van der Waals surface area contributed by atoms with E-state index in [0.29, 0.717) is 22.7 Å². The fraction of sp³-hybridized carbons (Fsp3) is 0.125. The minimum absolute atomic E-state index is 0.385. The van der Waals surface area contributed by atoms with Gasteiger partial charge in [-0.2, -0.15) is 5.26 Å². The Morgan fingerprint density at radius 2 is 1.68 bits per heavy atom. The number of hydrogen-bond donors (Lipinski definition) is 2. The zero-order valence-electron chi connectivity index (χ0n) is 17.0. The molecular formula is C24H19N5O2. The van der Waals surface area contributed by atoms with Crippen LogP contribution in [0, 0.1) is 11.3 Å². The molecule has 1 aliphatic heterocycles. The van der Waals surface area contributed by atoms with Gasteiger partial charge in [-0.05, 0) is 11.6 Å². The number of allylic oxidation sites excluding steroid dienone is 1. The molecule has 0 bridgehead atoms. The molecule has 0 aliphatic carbocycles. The molecule has 0 radical (unpaired) electrons. The smallest absolute Gasteiger partial charge is 0.332 e. The predicted molar refractivity (Wildman–Crippen MR) is 120 cm³/mol. The summed E-state index contributed by atoms with van der Waals surface area (Å²) < 4.78 is 2.51. The van der Waals surface area contributed by atoms with Crippen LogP contribution in [-0.4, -0.2) is 14.1 Å². The molecular weight excluding hydrogens is 390 g/mol. The zero-order valence-corrected chi connectivity index (χ0v) is 17.0. The van der Waals surface area contributed by atoms with Crippen molar-refractivity contribution in [2.45, 2.75) is 5.92 Å². The van der Waals surface area contributed by atoms with Crippen LogP contribution in [0.4, 0.5) is 5.82 Å². The van der Waals surface area contributed by atoms with E-state index in [1.165, 1.54) is 11.6 Å². The standard InChI is InChI=1S/C24H19N5O2/c1-28-22-20(23(30)29(2)24(28)31)19(14-8-4-3-5-9-14)16(12-25)21(27-22)17-13-26-18-11-7-6-10-15(17)18/h3-11,13,19,26-27H,1-2H3. The normalized spacial score (nSPS) is 15.5. The molecule has 4 aromatic rings. The van der Waals surface area contributed by atoms with E-state index >= 15 is 0 Å². The van der Waals surface area contributed by atoms with Gasteiger partial charge in [0.2, 0.25) is 0 Å². The first-order chi connectivity index (χ1) is 15.0. The summed E-state index contributed by atoms with van der Waals surface area (Å²) in [5.41, 5.74) is 3.12. The lowest BCUT2D eigenvalue weighted by atomic mass is 9.81. The Morgan fingerprint density at radius 1 is 0.968 bits per heavy atom. The fourth-order valence-corrected chi connectivity index (χ4v) is 4.35. The van der Waals surface area contributed by atoms with Crippen LogP contribution in [0.3, 0.4) is 0 Å². The molecule has 2 aromatic carbocycles. The van der Waals surface area contributed by atoms with Gasteiger partial charge in [-0.1, -0.05) is 48.5 Å². The quantitative estimate of drug-likeness (QED) is 0.532. The molecule has 31 heavy (non-hydrogen) atoms. The Hall–Kier alpha value is -4.31. The maximum atomic E-state index is 13.2. The van der Waals surface area contributed by atoms with E-state index in [2.05, 4.69) is 16.4 Å². The summed E-state index contributed by atoms with van der Waals surface area (Å²) in [6, 6.07) is 19.6. The van der Waals surface area contributed by atoms with E-state index in [9.17, 15) is 14.9 Å². The van der Waals surface area contributed by atoms with Gasteiger partial charge in [-0.3, -0.25) is 13.9 Å². The van der Waals surface area contributed by atoms with E-state index in [0.717, 1.165) is 26.6 Å². The number of aromatic amines is 1. The number of aromatic nitrogens is 3. The summed E-state index contributed by atoms with van der Waals surface area (Å²) in [5, 5.41) is 14.4. The van der Waals surface area contributed by atoms with Crippen LogP contribution in [0.25, 0.3) is 16.6 Å². The van der Waals surface area contributed by atoms with Crippen LogP contribution in [0.2, 0.25) is 0 Å². The molecule has 0 fully saturated rings. The Morgan fingerprint density at radius 3 is 2.42 bits per heavy atom. The predicted octanol–water partition coefficient (Wildman–Crippen LogP) is 3.06. The molecule has 2 aromatic heterocycles. The third-order valence-corrected chi connectivity index (χ3v) is 5.90. The average molecular weight is 409 g/mol. The van der Waals surface area contributed by atoms with Crippen molar-refractivity contribution in [3.8, 4) is 6.07 Å². The molecule has 0 amide bonds. The SMILES string of the molecule is Cn1c2c(c(=O)n(C)c1=O)C(c1ccccc1)C(C#N)=C(c1c[nH]c3ccccc13)N2. The van der Waals surface area contributed by atoms with Gasteiger partial charge in [0.25, 0.3) is 5.56 Å². The van der Waals surface area contributed by atoms with Crippen molar-refractivity contribution in [1.82, 2.24) is 14.1 Å². The van der Waals surface area contributed by atoms with Crippen molar-refractivity contribution in [2.24, 2.45) is 14.1 Å². The number of nitriles is 1. The highest BCUT2D eigenvalue weighted by molar-refractivity contribution is 5.98. The number of nitrogens with one attached hydrogen (secondary N) is 2. The van der Waals surface area contributed by atoms with Gasteiger partial charge >= 0.3 is 5.69 Å². The van der Waals surface area contributed by atoms with Crippen LogP contribution in [0.15, 0.2) is 76.0 Å². The van der Waals surface area contributed by atoms with Crippen LogP contribution in [-0.2, 0) is 14.1 Å². The van der Waals surface area contributed by atoms with Crippen molar-refractivity contribution in [1.29, 1.82) is 5.26 Å². The largest absolute Gasteiger partial charge is 0.360 e. The summed E-state index contributed by atoms with van der Waals surface area (Å²) in [4.78, 5) is 29.1. The van der Waals surface area contributed by atoms with Crippen LogP contribution < -0.4 is 16.6 Å². The molecule has 1 unspecified atom stereocenters. The highest BCUT2D eigenvalue weighted by atomic mass is 16.2. The maximum absolute atomic E-state index is 13.2. The van der Waals surface area contributed by atoms with E-state index in [-0.39, 0.29) is 0 Å². The van der Waals surface area contributed by atoms with Crippen molar-refractivity contribution in [3.63, 3.8) is 0 Å². The fourth-order valence-electron chi connectivity index (χ4n) is 4.35. The molecule has 1 aliphatic rings. The van der Waals surface area contributed by atoms with Gasteiger partial charge in [-0.15, -0.1) is 0 Å². The number of nitrogens with zero attached hydrogens (tertiary/aromatic N) is 3. The third-order valence-electron chi connectivity index (χ3n) is 5.90. The third kappa shape index (κ3) is 2.66. The van der Waals surface area contributed by atoms with Crippen molar-refractivity contribution in [3.05, 3.63) is 104 Å². The number of H-pyrrole nitrogens is 1. The molecule has 5 rings (SSSR count). The van der Waals surface area contributed by atoms with Gasteiger partial charge in [0.15, 0.2) is 0 Å². The van der Waals surface area contributed by atoms with E-state index < -0.39 is 17.2 Å². The number of anilines is 1. The summed E-state index contributed by atoms with van der Waals surface area (Å²) in [6.07, 6.45) is 1.84. The Bertz CT molecular complexity index is 1530. The highest BCUT2D eigenvalue weighted by Crippen LogP contribution is 2.43. The van der Waals surface area contributed by atoms with E-state index in [1.807, 2.05) is 60.8 Å². The van der Waals surface area contributed by atoms with Gasteiger partial charge in [0.1, 0.15) is 5.82 Å². The van der Waals surface area contributed by atoms with Crippen LogP contribution in [0.5, 0.6) is 0 Å². The van der Waals surface area contributed by atoms with Crippen LogP contribution >= 0.6 is 0 Å². The summed E-state index contributed by atoms with van der Waals surface area (Å²) in [5.74, 6) is -0.196. The van der Waals surface area contributed by atoms with E-state index in [4.69, 9.17) is 0 Å². The zero-order chi connectivity index (χ0) is 21.7. The minimum Gasteiger partial charge on any atom is -0.360 e. The van der Waals surface area contributed by atoms with Crippen LogP contribution in [0.1, 0.15) is 22.6 Å². The lowest BCUT2D eigenvalue weighted by Crippen LogP contribution is -2.42. The Balaban J connectivity index is 1.90. The monoisotopic (exact) mass is 409 g/mol. The topological polar surface area (TPSA) is 95.6 Å². The number of para-hydroxylation sites is 1. The molecule has 0 saturated heterocycles. The highest BCUT2D eigenvalue weighted by Gasteiger charge is 2.35. The van der Waals surface area contributed by atoms with Gasteiger partial charge in [-0.25, -0.2) is 4.79 Å². The lowest BCUT2D eigenvalue weighted by molar-refractivity contribution is 0.669. The average Bonchev–Trinajstić information content (AvgIpc) is 3.24. The molecule has 1 atom stereocenters. The number of benzene rings is 2. The second-order valence-electron chi connectivity index (χ2n) is 7.59. The van der Waals surface area contributed by atoms with Gasteiger partial charge in [0.05, 0.1) is 28.8 Å². The minimum atomic E-state index is -0.600. The first kappa shape index (κ1) is 18.7. The second kappa shape index (κ2) is 6.89. The molecule has 0 saturated carbocycles. The van der Waals surface area contributed by atoms with Gasteiger partial charge in [0, 0.05) is 36.8 Å². The molecule has 3 heterocycles. The maximum Gasteiger partial charge on any atom is 0.332 e. The molecule has 7 heteroatoms. The summed E-state index contributed by atoms with van der Waals surface area (Å²) >= 11 is 0. The van der Waals surface area contributed by atoms with Crippen molar-refractivity contribution in [2.75, 3.05) is 5.32 Å². The van der Waals surface area contributed by atoms with E-state index in [1.54, 1.807) is 7.05 Å². The van der Waals surface area contributed by atoms with Crippen molar-refractivity contribution >= 4 is 22.4 Å². The summed E-state index contributed by atoms with van der Waals surface area (Å²) in [6.45, 7) is 0. The van der Waals surface area contributed by atoms with Gasteiger partial charge < -0.3 is 10.3 Å². The number of hydrogen-bond acceptors (Lipinski definition) is 4. The first-order valence-electron chi connectivity index (χ1n) is 9.85. The molecule has 0 spiro atoms. The lowest BCUT2D eigenvalue weighted by Gasteiger charge is -2.30.